The fourth-order valence-electron chi connectivity index (χ4n) is 4.19. The van der Waals surface area contributed by atoms with Crippen molar-refractivity contribution in [2.45, 2.75) is 25.8 Å². The minimum Gasteiger partial charge on any atom is -0.308 e. The van der Waals surface area contributed by atoms with Crippen LogP contribution in [0.25, 0.3) is 0 Å². The highest BCUT2D eigenvalue weighted by Crippen LogP contribution is 2.24. The molecule has 1 aliphatic heterocycles. The Hall–Kier alpha value is -2.98. The van der Waals surface area contributed by atoms with Crippen molar-refractivity contribution in [1.29, 1.82) is 0 Å². The molecule has 4 rings (SSSR count). The number of hydrogen-bond acceptors (Lipinski definition) is 3. The van der Waals surface area contributed by atoms with Gasteiger partial charge in [-0.1, -0.05) is 48.5 Å². The summed E-state index contributed by atoms with van der Waals surface area (Å²) in [5.74, 6) is 0.681. The number of carbonyl (C=O) groups is 1. The van der Waals surface area contributed by atoms with E-state index in [1.807, 2.05) is 47.4 Å². The first-order valence-electron chi connectivity index (χ1n) is 10.8. The molecule has 1 aromatic heterocycles. The van der Waals surface area contributed by atoms with Crippen LogP contribution in [0.3, 0.4) is 0 Å². The summed E-state index contributed by atoms with van der Waals surface area (Å²) >= 11 is 0. The zero-order chi connectivity index (χ0) is 20.6. The Labute approximate surface area is 179 Å². The van der Waals surface area contributed by atoms with Gasteiger partial charge in [-0.2, -0.15) is 0 Å². The number of anilines is 1. The summed E-state index contributed by atoms with van der Waals surface area (Å²) in [5, 5.41) is 0. The number of amides is 1. The van der Waals surface area contributed by atoms with Gasteiger partial charge in [-0.25, -0.2) is 0 Å². The molecule has 2 aromatic carbocycles. The Morgan fingerprint density at radius 3 is 2.30 bits per heavy atom. The van der Waals surface area contributed by atoms with E-state index in [0.29, 0.717) is 11.5 Å². The van der Waals surface area contributed by atoms with Crippen LogP contribution in [0.5, 0.6) is 0 Å². The molecule has 4 heteroatoms. The molecule has 1 aliphatic rings. The maximum absolute atomic E-state index is 13.2. The number of para-hydroxylation sites is 1. The fraction of sp³-hybridized carbons (Fsp3) is 0.308. The topological polar surface area (TPSA) is 36.4 Å². The molecule has 0 aliphatic carbocycles. The number of rotatable bonds is 7. The quantitative estimate of drug-likeness (QED) is 0.559. The van der Waals surface area contributed by atoms with Crippen LogP contribution in [0.2, 0.25) is 0 Å². The molecule has 0 atom stereocenters. The summed E-state index contributed by atoms with van der Waals surface area (Å²) in [7, 11) is 0. The number of pyridine rings is 1. The zero-order valence-electron chi connectivity index (χ0n) is 17.4. The van der Waals surface area contributed by atoms with Crippen molar-refractivity contribution in [3.63, 3.8) is 0 Å². The highest BCUT2D eigenvalue weighted by atomic mass is 16.2. The summed E-state index contributed by atoms with van der Waals surface area (Å²) in [4.78, 5) is 21.7. The molecular formula is C26H29N3O. The Morgan fingerprint density at radius 2 is 1.63 bits per heavy atom. The van der Waals surface area contributed by atoms with Crippen LogP contribution in [0.1, 0.15) is 35.2 Å². The molecule has 0 bridgehead atoms. The molecule has 3 aromatic rings. The van der Waals surface area contributed by atoms with E-state index in [1.54, 1.807) is 12.4 Å². The fourth-order valence-corrected chi connectivity index (χ4v) is 4.19. The van der Waals surface area contributed by atoms with E-state index in [2.05, 4.69) is 40.2 Å². The minimum absolute atomic E-state index is 0.0239. The number of nitrogens with zero attached hydrogens (tertiary/aromatic N) is 3. The van der Waals surface area contributed by atoms with Crippen molar-refractivity contribution in [2.24, 2.45) is 5.92 Å². The van der Waals surface area contributed by atoms with Crippen LogP contribution in [-0.4, -0.2) is 35.4 Å². The van der Waals surface area contributed by atoms with Gasteiger partial charge < -0.3 is 4.90 Å². The van der Waals surface area contributed by atoms with Crippen LogP contribution in [0.4, 0.5) is 5.69 Å². The molecule has 30 heavy (non-hydrogen) atoms. The van der Waals surface area contributed by atoms with Crippen LogP contribution in [-0.2, 0) is 6.54 Å². The molecular weight excluding hydrogens is 370 g/mol. The second-order valence-corrected chi connectivity index (χ2v) is 8.03. The third kappa shape index (κ3) is 5.33. The highest BCUT2D eigenvalue weighted by Gasteiger charge is 2.23. The van der Waals surface area contributed by atoms with Gasteiger partial charge >= 0.3 is 0 Å². The first-order valence-corrected chi connectivity index (χ1v) is 10.8. The van der Waals surface area contributed by atoms with Crippen LogP contribution >= 0.6 is 0 Å². The normalized spacial score (nSPS) is 15.1. The average molecular weight is 400 g/mol. The predicted molar refractivity (Wildman–Crippen MR) is 121 cm³/mol. The second-order valence-electron chi connectivity index (χ2n) is 8.03. The minimum atomic E-state index is 0.0239. The average Bonchev–Trinajstić information content (AvgIpc) is 2.82. The summed E-state index contributed by atoms with van der Waals surface area (Å²) in [5.41, 5.74) is 2.97. The van der Waals surface area contributed by atoms with Gasteiger partial charge in [0.2, 0.25) is 0 Å². The van der Waals surface area contributed by atoms with Gasteiger partial charge in [0, 0.05) is 31.2 Å². The number of carbonyl (C=O) groups excluding carboxylic acids is 1. The van der Waals surface area contributed by atoms with Crippen molar-refractivity contribution in [3.8, 4) is 0 Å². The summed E-state index contributed by atoms with van der Waals surface area (Å²) in [6, 6.07) is 24.3. The second kappa shape index (κ2) is 10.2. The lowest BCUT2D eigenvalue weighted by molar-refractivity contribution is 0.0982. The van der Waals surface area contributed by atoms with Crippen molar-refractivity contribution in [3.05, 3.63) is 96.3 Å². The molecule has 1 fully saturated rings. The van der Waals surface area contributed by atoms with Crippen LogP contribution < -0.4 is 4.90 Å². The number of benzene rings is 2. The number of aromatic nitrogens is 1. The third-order valence-electron chi connectivity index (χ3n) is 5.94. The van der Waals surface area contributed by atoms with Crippen molar-refractivity contribution in [1.82, 2.24) is 9.88 Å². The highest BCUT2D eigenvalue weighted by molar-refractivity contribution is 6.05. The van der Waals surface area contributed by atoms with Gasteiger partial charge in [0.15, 0.2) is 0 Å². The van der Waals surface area contributed by atoms with Gasteiger partial charge in [0.1, 0.15) is 0 Å². The molecule has 1 saturated heterocycles. The lowest BCUT2D eigenvalue weighted by Gasteiger charge is -2.33. The molecule has 4 nitrogen and oxygen atoms in total. The summed E-state index contributed by atoms with van der Waals surface area (Å²) < 4.78 is 0. The van der Waals surface area contributed by atoms with Crippen LogP contribution in [0, 0.1) is 5.92 Å². The zero-order valence-corrected chi connectivity index (χ0v) is 17.4. The van der Waals surface area contributed by atoms with E-state index in [-0.39, 0.29) is 5.91 Å². The largest absolute Gasteiger partial charge is 0.308 e. The van der Waals surface area contributed by atoms with E-state index in [4.69, 9.17) is 0 Å². The summed E-state index contributed by atoms with van der Waals surface area (Å²) in [6.45, 7) is 4.02. The Morgan fingerprint density at radius 1 is 0.933 bits per heavy atom. The van der Waals surface area contributed by atoms with E-state index in [0.717, 1.165) is 38.3 Å². The number of piperidine rings is 1. The van der Waals surface area contributed by atoms with Gasteiger partial charge in [-0.05, 0) is 68.1 Å². The number of hydrogen-bond donors (Lipinski definition) is 0. The lowest BCUT2D eigenvalue weighted by atomic mass is 9.93. The molecule has 2 heterocycles. The maximum Gasteiger partial charge on any atom is 0.259 e. The van der Waals surface area contributed by atoms with Crippen molar-refractivity contribution in [2.75, 3.05) is 24.5 Å². The van der Waals surface area contributed by atoms with E-state index < -0.39 is 0 Å². The first-order chi connectivity index (χ1) is 14.8. The molecule has 0 unspecified atom stereocenters. The molecule has 1 amide bonds. The van der Waals surface area contributed by atoms with Crippen molar-refractivity contribution < 1.29 is 4.79 Å². The van der Waals surface area contributed by atoms with Crippen molar-refractivity contribution >= 4 is 11.6 Å². The van der Waals surface area contributed by atoms with Crippen LogP contribution in [0.15, 0.2) is 85.2 Å². The Bertz CT molecular complexity index is 907. The van der Waals surface area contributed by atoms with Gasteiger partial charge in [0.05, 0.1) is 5.56 Å². The molecule has 154 valence electrons. The smallest absolute Gasteiger partial charge is 0.259 e. The van der Waals surface area contributed by atoms with Gasteiger partial charge in [-0.15, -0.1) is 0 Å². The number of likely N-dealkylation sites (tertiary alicyclic amines) is 1. The standard InChI is InChI=1S/C26H29N3O/c30-26(24-10-7-16-27-20-24)29(25-11-5-2-6-12-25)19-15-22-13-17-28(18-14-22)21-23-8-3-1-4-9-23/h1-12,16,20,22H,13-15,17-19,21H2. The third-order valence-corrected chi connectivity index (χ3v) is 5.94. The van der Waals surface area contributed by atoms with E-state index >= 15 is 0 Å². The Balaban J connectivity index is 1.35. The molecule has 0 radical (unpaired) electrons. The molecule has 0 spiro atoms. The maximum atomic E-state index is 13.2. The molecule has 0 saturated carbocycles. The van der Waals surface area contributed by atoms with Gasteiger partial charge in [-0.3, -0.25) is 14.7 Å². The monoisotopic (exact) mass is 399 g/mol. The summed E-state index contributed by atoms with van der Waals surface area (Å²) in [6.07, 6.45) is 6.76. The lowest BCUT2D eigenvalue weighted by Crippen LogP contribution is -2.36. The van der Waals surface area contributed by atoms with E-state index in [9.17, 15) is 4.79 Å². The SMILES string of the molecule is O=C(c1cccnc1)N(CCC1CCN(Cc2ccccc2)CC1)c1ccccc1. The van der Waals surface area contributed by atoms with Gasteiger partial charge in [0.25, 0.3) is 5.91 Å². The predicted octanol–water partition coefficient (Wildman–Crippen LogP) is 5.03. The molecule has 0 N–H and O–H groups in total. The van der Waals surface area contributed by atoms with E-state index in [1.165, 1.54) is 18.4 Å². The first kappa shape index (κ1) is 20.3. The Kier molecular flexibility index (Phi) is 6.88.